The van der Waals surface area contributed by atoms with Crippen LogP contribution >= 0.6 is 11.3 Å². The van der Waals surface area contributed by atoms with Crippen molar-refractivity contribution in [3.8, 4) is 0 Å². The van der Waals surface area contributed by atoms with Crippen LogP contribution in [0.1, 0.15) is 59.3 Å². The second-order valence-corrected chi connectivity index (χ2v) is 8.77. The lowest BCUT2D eigenvalue weighted by molar-refractivity contribution is 0.100. The minimum Gasteiger partial charge on any atom is -0.391 e. The number of aliphatic hydroxyl groups excluding tert-OH is 1. The van der Waals surface area contributed by atoms with Crippen molar-refractivity contribution in [2.24, 2.45) is 5.92 Å². The molecule has 0 spiro atoms. The van der Waals surface area contributed by atoms with E-state index in [-0.39, 0.29) is 5.92 Å². The van der Waals surface area contributed by atoms with Gasteiger partial charge in [-0.05, 0) is 23.8 Å². The van der Waals surface area contributed by atoms with Gasteiger partial charge in [-0.1, -0.05) is 58.9 Å². The van der Waals surface area contributed by atoms with Crippen molar-refractivity contribution in [2.75, 3.05) is 0 Å². The smallest absolute Gasteiger partial charge is 0.250 e. The Labute approximate surface area is 139 Å². The molecule has 0 amide bonds. The van der Waals surface area contributed by atoms with Crippen molar-refractivity contribution >= 4 is 21.4 Å². The SMILES string of the molecule is CCCCCCC(O)C(NS(=O)(=O)c1cccs1)[C@@H](C)CC. The monoisotopic (exact) mass is 347 g/mol. The summed E-state index contributed by atoms with van der Waals surface area (Å²) in [6, 6.07) is 2.88. The topological polar surface area (TPSA) is 66.4 Å². The molecule has 0 radical (unpaired) electrons. The highest BCUT2D eigenvalue weighted by atomic mass is 32.2. The summed E-state index contributed by atoms with van der Waals surface area (Å²) in [6.07, 6.45) is 5.14. The molecule has 3 atom stereocenters. The molecule has 2 N–H and O–H groups in total. The summed E-state index contributed by atoms with van der Waals surface area (Å²) in [7, 11) is -3.54. The first kappa shape index (κ1) is 19.6. The molecule has 6 heteroatoms. The molecule has 1 rings (SSSR count). The molecule has 1 aromatic rings. The van der Waals surface area contributed by atoms with E-state index in [0.717, 1.165) is 32.1 Å². The fourth-order valence-electron chi connectivity index (χ4n) is 2.44. The van der Waals surface area contributed by atoms with Crippen molar-refractivity contribution in [1.29, 1.82) is 0 Å². The van der Waals surface area contributed by atoms with Gasteiger partial charge < -0.3 is 5.11 Å². The maximum Gasteiger partial charge on any atom is 0.250 e. The summed E-state index contributed by atoms with van der Waals surface area (Å²) in [5.41, 5.74) is 0. The first-order valence-electron chi connectivity index (χ1n) is 8.16. The molecule has 1 aromatic heterocycles. The van der Waals surface area contributed by atoms with Gasteiger partial charge in [-0.15, -0.1) is 11.3 Å². The van der Waals surface area contributed by atoms with Gasteiger partial charge in [-0.25, -0.2) is 13.1 Å². The Hall–Kier alpha value is -0.430. The van der Waals surface area contributed by atoms with Crippen LogP contribution in [0.3, 0.4) is 0 Å². The summed E-state index contributed by atoms with van der Waals surface area (Å²) >= 11 is 1.20. The number of hydrogen-bond donors (Lipinski definition) is 2. The first-order valence-corrected chi connectivity index (χ1v) is 10.5. The van der Waals surface area contributed by atoms with Gasteiger partial charge in [0.05, 0.1) is 12.1 Å². The van der Waals surface area contributed by atoms with Gasteiger partial charge in [0, 0.05) is 0 Å². The second kappa shape index (κ2) is 9.65. The molecule has 0 saturated carbocycles. The largest absolute Gasteiger partial charge is 0.391 e. The van der Waals surface area contributed by atoms with Gasteiger partial charge in [0.15, 0.2) is 0 Å². The lowest BCUT2D eigenvalue weighted by atomic mass is 9.92. The Morgan fingerprint density at radius 1 is 1.27 bits per heavy atom. The summed E-state index contributed by atoms with van der Waals surface area (Å²) in [4.78, 5) is 0. The van der Waals surface area contributed by atoms with Crippen LogP contribution in [0.2, 0.25) is 0 Å². The van der Waals surface area contributed by atoms with Gasteiger partial charge in [0.25, 0.3) is 0 Å². The Morgan fingerprint density at radius 2 is 2.00 bits per heavy atom. The average Bonchev–Trinajstić information content (AvgIpc) is 3.03. The third-order valence-corrected chi connectivity index (χ3v) is 6.93. The maximum absolute atomic E-state index is 12.4. The number of nitrogens with one attached hydrogen (secondary N) is 1. The zero-order chi connectivity index (χ0) is 16.6. The quantitative estimate of drug-likeness (QED) is 0.599. The highest BCUT2D eigenvalue weighted by molar-refractivity contribution is 7.91. The lowest BCUT2D eigenvalue weighted by Crippen LogP contribution is -2.47. The van der Waals surface area contributed by atoms with Gasteiger partial charge in [0.1, 0.15) is 4.21 Å². The third kappa shape index (κ3) is 5.99. The molecule has 22 heavy (non-hydrogen) atoms. The van der Waals surface area contributed by atoms with Crippen LogP contribution in [0.4, 0.5) is 0 Å². The Morgan fingerprint density at radius 3 is 2.55 bits per heavy atom. The number of sulfonamides is 1. The van der Waals surface area contributed by atoms with Crippen molar-refractivity contribution < 1.29 is 13.5 Å². The van der Waals surface area contributed by atoms with Crippen molar-refractivity contribution in [3.63, 3.8) is 0 Å². The van der Waals surface area contributed by atoms with Crippen LogP contribution in [-0.2, 0) is 10.0 Å². The minimum atomic E-state index is -3.54. The van der Waals surface area contributed by atoms with E-state index >= 15 is 0 Å². The molecule has 0 aliphatic carbocycles. The molecule has 2 unspecified atom stereocenters. The molecule has 0 saturated heterocycles. The van der Waals surface area contributed by atoms with E-state index < -0.39 is 22.2 Å². The molecule has 0 bridgehead atoms. The van der Waals surface area contributed by atoms with Crippen LogP contribution in [0.25, 0.3) is 0 Å². The Bertz CT molecular complexity index is 499. The molecule has 1 heterocycles. The molecular formula is C16H29NO3S2. The summed E-state index contributed by atoms with van der Waals surface area (Å²) in [5, 5.41) is 12.2. The van der Waals surface area contributed by atoms with Crippen molar-refractivity contribution in [1.82, 2.24) is 4.72 Å². The molecule has 0 aromatic carbocycles. The van der Waals surface area contributed by atoms with Crippen LogP contribution < -0.4 is 4.72 Å². The predicted molar refractivity (Wildman–Crippen MR) is 92.6 cm³/mol. The average molecular weight is 348 g/mol. The summed E-state index contributed by atoms with van der Waals surface area (Å²) < 4.78 is 27.8. The van der Waals surface area contributed by atoms with Crippen LogP contribution in [-0.4, -0.2) is 25.7 Å². The number of rotatable bonds is 11. The highest BCUT2D eigenvalue weighted by Crippen LogP contribution is 2.21. The summed E-state index contributed by atoms with van der Waals surface area (Å²) in [6.45, 7) is 6.14. The van der Waals surface area contributed by atoms with E-state index in [4.69, 9.17) is 0 Å². The van der Waals surface area contributed by atoms with E-state index in [1.54, 1.807) is 17.5 Å². The molecule has 0 fully saturated rings. The lowest BCUT2D eigenvalue weighted by Gasteiger charge is -2.28. The number of hydrogen-bond acceptors (Lipinski definition) is 4. The normalized spacial score (nSPS) is 16.4. The maximum atomic E-state index is 12.4. The van der Waals surface area contributed by atoms with Gasteiger partial charge in [-0.2, -0.15) is 0 Å². The molecule has 128 valence electrons. The zero-order valence-corrected chi connectivity index (χ0v) is 15.4. The highest BCUT2D eigenvalue weighted by Gasteiger charge is 2.29. The van der Waals surface area contributed by atoms with E-state index in [0.29, 0.717) is 10.6 Å². The standard InChI is InChI=1S/C16H29NO3S2/c1-4-6-7-8-10-14(18)16(13(3)5-2)17-22(19,20)15-11-9-12-21-15/h9,11-14,16-18H,4-8,10H2,1-3H3/t13-,14?,16?/m0/s1. The molecular weight excluding hydrogens is 318 g/mol. The number of unbranched alkanes of at least 4 members (excludes halogenated alkanes) is 3. The van der Waals surface area contributed by atoms with Crippen LogP contribution in [0, 0.1) is 5.92 Å². The van der Waals surface area contributed by atoms with Gasteiger partial charge in [-0.3, -0.25) is 0 Å². The van der Waals surface area contributed by atoms with E-state index in [9.17, 15) is 13.5 Å². The fraction of sp³-hybridized carbons (Fsp3) is 0.750. The van der Waals surface area contributed by atoms with Crippen LogP contribution in [0.15, 0.2) is 21.7 Å². The number of aliphatic hydroxyl groups is 1. The Kier molecular flexibility index (Phi) is 8.61. The minimum absolute atomic E-state index is 0.0934. The third-order valence-electron chi connectivity index (χ3n) is 4.08. The van der Waals surface area contributed by atoms with E-state index in [1.165, 1.54) is 11.3 Å². The van der Waals surface area contributed by atoms with Gasteiger partial charge in [0.2, 0.25) is 10.0 Å². The zero-order valence-electron chi connectivity index (χ0n) is 13.8. The van der Waals surface area contributed by atoms with E-state index in [1.807, 2.05) is 13.8 Å². The van der Waals surface area contributed by atoms with Crippen LogP contribution in [0.5, 0.6) is 0 Å². The van der Waals surface area contributed by atoms with Crippen molar-refractivity contribution in [2.45, 2.75) is 75.7 Å². The van der Waals surface area contributed by atoms with E-state index in [2.05, 4.69) is 11.6 Å². The Balaban J connectivity index is 2.72. The molecule has 0 aliphatic heterocycles. The molecule has 4 nitrogen and oxygen atoms in total. The molecule has 0 aliphatic rings. The van der Waals surface area contributed by atoms with Crippen molar-refractivity contribution in [3.05, 3.63) is 17.5 Å². The predicted octanol–water partition coefficient (Wildman–Crippen LogP) is 3.77. The number of thiophene rings is 1. The van der Waals surface area contributed by atoms with Gasteiger partial charge >= 0.3 is 0 Å². The second-order valence-electron chi connectivity index (χ2n) is 5.88. The first-order chi connectivity index (χ1) is 10.4. The summed E-state index contributed by atoms with van der Waals surface area (Å²) in [5.74, 6) is 0.0934. The fourth-order valence-corrected chi connectivity index (χ4v) is 4.83.